The van der Waals surface area contributed by atoms with E-state index < -0.39 is 11.4 Å². The predicted molar refractivity (Wildman–Crippen MR) is 82.7 cm³/mol. The molecule has 0 aliphatic carbocycles. The highest BCUT2D eigenvalue weighted by atomic mass is 35.5. The number of aromatic amines is 1. The molecule has 0 saturated carbocycles. The van der Waals surface area contributed by atoms with Crippen LogP contribution in [0.3, 0.4) is 0 Å². The number of hydrogen-bond donors (Lipinski definition) is 3. The third-order valence-electron chi connectivity index (χ3n) is 2.94. The van der Waals surface area contributed by atoms with Gasteiger partial charge in [0, 0.05) is 18.0 Å². The van der Waals surface area contributed by atoms with Crippen molar-refractivity contribution >= 4 is 29.2 Å². The largest absolute Gasteiger partial charge is 0.352 e. The fourth-order valence-electron chi connectivity index (χ4n) is 1.98. The molecule has 0 bridgehead atoms. The van der Waals surface area contributed by atoms with Crippen LogP contribution in [0.4, 0.5) is 4.39 Å². The highest BCUT2D eigenvalue weighted by molar-refractivity contribution is 6.05. The van der Waals surface area contributed by atoms with Crippen LogP contribution >= 0.6 is 12.4 Å². The Balaban J connectivity index is 0.00000220. The molecular formula is C14H17ClFN3O2. The number of benzene rings is 1. The zero-order chi connectivity index (χ0) is 14.5. The quantitative estimate of drug-likeness (QED) is 0.731. The summed E-state index contributed by atoms with van der Waals surface area (Å²) in [5, 5.41) is 6.25. The standard InChI is InChI=1S/C14H16FN3O2.ClH/c1-16-5-2-6-17-14(20)11-8-13(19)18-12-7-9(15)3-4-10(11)12;/h3-4,7-8,16H,2,5-6H2,1H3,(H,17,20)(H,18,19);1H. The van der Waals surface area contributed by atoms with Crippen LogP contribution in [0.25, 0.3) is 10.9 Å². The summed E-state index contributed by atoms with van der Waals surface area (Å²) in [6, 6.07) is 5.18. The zero-order valence-electron chi connectivity index (χ0n) is 11.5. The van der Waals surface area contributed by atoms with Gasteiger partial charge >= 0.3 is 0 Å². The van der Waals surface area contributed by atoms with Crippen LogP contribution < -0.4 is 16.2 Å². The molecule has 3 N–H and O–H groups in total. The maximum Gasteiger partial charge on any atom is 0.252 e. The first-order chi connectivity index (χ1) is 9.61. The molecular weight excluding hydrogens is 297 g/mol. The van der Waals surface area contributed by atoms with Gasteiger partial charge in [0.1, 0.15) is 5.82 Å². The Morgan fingerprint density at radius 3 is 2.76 bits per heavy atom. The van der Waals surface area contributed by atoms with Gasteiger partial charge in [-0.1, -0.05) is 0 Å². The Hall–Kier alpha value is -1.92. The lowest BCUT2D eigenvalue weighted by molar-refractivity contribution is 0.0954. The summed E-state index contributed by atoms with van der Waals surface area (Å²) in [7, 11) is 1.83. The smallest absolute Gasteiger partial charge is 0.252 e. The molecule has 0 aliphatic heterocycles. The minimum Gasteiger partial charge on any atom is -0.352 e. The molecule has 7 heteroatoms. The second-order valence-corrected chi connectivity index (χ2v) is 4.45. The van der Waals surface area contributed by atoms with Gasteiger partial charge < -0.3 is 15.6 Å². The number of rotatable bonds is 5. The number of carbonyl (C=O) groups excluding carboxylic acids is 1. The summed E-state index contributed by atoms with van der Waals surface area (Å²) in [4.78, 5) is 26.1. The fourth-order valence-corrected chi connectivity index (χ4v) is 1.98. The van der Waals surface area contributed by atoms with Gasteiger partial charge in [-0.15, -0.1) is 12.4 Å². The average Bonchev–Trinajstić information content (AvgIpc) is 2.42. The van der Waals surface area contributed by atoms with Gasteiger partial charge in [-0.2, -0.15) is 0 Å². The second kappa shape index (κ2) is 7.75. The van der Waals surface area contributed by atoms with Crippen molar-refractivity contribution < 1.29 is 9.18 Å². The van der Waals surface area contributed by atoms with Gasteiger partial charge in [-0.3, -0.25) is 9.59 Å². The number of aromatic nitrogens is 1. The van der Waals surface area contributed by atoms with Gasteiger partial charge in [-0.25, -0.2) is 4.39 Å². The van der Waals surface area contributed by atoms with Crippen LogP contribution in [0, 0.1) is 5.82 Å². The molecule has 2 rings (SSSR count). The molecule has 1 amide bonds. The Morgan fingerprint density at radius 2 is 2.05 bits per heavy atom. The van der Waals surface area contributed by atoms with E-state index in [1.165, 1.54) is 24.3 Å². The van der Waals surface area contributed by atoms with E-state index in [9.17, 15) is 14.0 Å². The summed E-state index contributed by atoms with van der Waals surface area (Å²) in [6.45, 7) is 1.30. The topological polar surface area (TPSA) is 74.0 Å². The highest BCUT2D eigenvalue weighted by Crippen LogP contribution is 2.16. The third kappa shape index (κ3) is 4.27. The van der Waals surface area contributed by atoms with E-state index in [0.29, 0.717) is 17.4 Å². The number of pyridine rings is 1. The van der Waals surface area contributed by atoms with E-state index in [4.69, 9.17) is 0 Å². The summed E-state index contributed by atoms with van der Waals surface area (Å²) in [5.74, 6) is -0.788. The monoisotopic (exact) mass is 313 g/mol. The lowest BCUT2D eigenvalue weighted by Crippen LogP contribution is -2.27. The number of nitrogens with one attached hydrogen (secondary N) is 3. The third-order valence-corrected chi connectivity index (χ3v) is 2.94. The van der Waals surface area contributed by atoms with E-state index in [1.807, 2.05) is 7.05 Å². The van der Waals surface area contributed by atoms with Crippen molar-refractivity contribution in [3.63, 3.8) is 0 Å². The Bertz CT molecular complexity index is 687. The Morgan fingerprint density at radius 1 is 1.29 bits per heavy atom. The molecule has 0 saturated heterocycles. The van der Waals surface area contributed by atoms with Gasteiger partial charge in [0.2, 0.25) is 5.56 Å². The fraction of sp³-hybridized carbons (Fsp3) is 0.286. The molecule has 0 atom stereocenters. The number of amides is 1. The molecule has 0 spiro atoms. The molecule has 114 valence electrons. The Kier molecular flexibility index (Phi) is 6.33. The normalized spacial score (nSPS) is 10.2. The van der Waals surface area contributed by atoms with Crippen molar-refractivity contribution in [2.24, 2.45) is 0 Å². The van der Waals surface area contributed by atoms with Gasteiger partial charge in [0.05, 0.1) is 11.1 Å². The number of hydrogen-bond acceptors (Lipinski definition) is 3. The van der Waals surface area contributed by atoms with Crippen molar-refractivity contribution in [2.45, 2.75) is 6.42 Å². The first-order valence-electron chi connectivity index (χ1n) is 6.37. The maximum atomic E-state index is 13.2. The van der Waals surface area contributed by atoms with Crippen LogP contribution in [0.2, 0.25) is 0 Å². The van der Waals surface area contributed by atoms with Crippen molar-refractivity contribution in [3.8, 4) is 0 Å². The minimum atomic E-state index is -0.459. The van der Waals surface area contributed by atoms with E-state index in [1.54, 1.807) is 0 Å². The van der Waals surface area contributed by atoms with Crippen molar-refractivity contribution in [1.29, 1.82) is 0 Å². The lowest BCUT2D eigenvalue weighted by Gasteiger charge is -2.07. The van der Waals surface area contributed by atoms with E-state index in [2.05, 4.69) is 15.6 Å². The van der Waals surface area contributed by atoms with Crippen LogP contribution in [0.5, 0.6) is 0 Å². The maximum absolute atomic E-state index is 13.2. The summed E-state index contributed by atoms with van der Waals surface area (Å²) in [6.07, 6.45) is 0.790. The summed E-state index contributed by atoms with van der Waals surface area (Å²) < 4.78 is 13.2. The molecule has 1 aromatic heterocycles. The molecule has 21 heavy (non-hydrogen) atoms. The highest BCUT2D eigenvalue weighted by Gasteiger charge is 2.11. The summed E-state index contributed by atoms with van der Waals surface area (Å²) >= 11 is 0. The van der Waals surface area contributed by atoms with Crippen molar-refractivity contribution in [3.05, 3.63) is 46.0 Å². The van der Waals surface area contributed by atoms with Gasteiger partial charge in [0.15, 0.2) is 0 Å². The molecule has 0 fully saturated rings. The van der Waals surface area contributed by atoms with Crippen molar-refractivity contribution in [2.75, 3.05) is 20.1 Å². The van der Waals surface area contributed by atoms with Gasteiger partial charge in [0.25, 0.3) is 5.91 Å². The van der Waals surface area contributed by atoms with E-state index >= 15 is 0 Å². The first-order valence-corrected chi connectivity index (χ1v) is 6.37. The van der Waals surface area contributed by atoms with Crippen LogP contribution in [-0.4, -0.2) is 31.0 Å². The SMILES string of the molecule is CNCCCNC(=O)c1cc(=O)[nH]c2cc(F)ccc12.Cl. The van der Waals surface area contributed by atoms with Crippen molar-refractivity contribution in [1.82, 2.24) is 15.6 Å². The minimum absolute atomic E-state index is 0. The molecule has 1 heterocycles. The molecule has 5 nitrogen and oxygen atoms in total. The number of fused-ring (bicyclic) bond motifs is 1. The number of halogens is 2. The number of carbonyl (C=O) groups is 1. The number of H-pyrrole nitrogens is 1. The predicted octanol–water partition coefficient (Wildman–Crippen LogP) is 1.43. The molecule has 0 unspecified atom stereocenters. The van der Waals surface area contributed by atoms with E-state index in [0.717, 1.165) is 13.0 Å². The molecule has 0 aliphatic rings. The van der Waals surface area contributed by atoms with Crippen LogP contribution in [-0.2, 0) is 0 Å². The second-order valence-electron chi connectivity index (χ2n) is 4.45. The first kappa shape index (κ1) is 17.1. The van der Waals surface area contributed by atoms with Gasteiger partial charge in [-0.05, 0) is 38.2 Å². The van der Waals surface area contributed by atoms with E-state index in [-0.39, 0.29) is 23.9 Å². The average molecular weight is 314 g/mol. The van der Waals surface area contributed by atoms with Crippen LogP contribution in [0.15, 0.2) is 29.1 Å². The van der Waals surface area contributed by atoms with Crippen LogP contribution in [0.1, 0.15) is 16.8 Å². The lowest BCUT2D eigenvalue weighted by atomic mass is 10.1. The molecule has 0 radical (unpaired) electrons. The molecule has 2 aromatic rings. The molecule has 1 aromatic carbocycles. The summed E-state index contributed by atoms with van der Waals surface area (Å²) in [5.41, 5.74) is 0.148. The Labute approximate surface area is 127 Å². The zero-order valence-corrected chi connectivity index (χ0v) is 12.3.